The first-order valence-electron chi connectivity index (χ1n) is 6.45. The van der Waals surface area contributed by atoms with E-state index in [4.69, 9.17) is 17.3 Å². The highest BCUT2D eigenvalue weighted by Gasteiger charge is 2.22. The molecule has 0 saturated carbocycles. The summed E-state index contributed by atoms with van der Waals surface area (Å²) in [5.74, 6) is -0.382. The smallest absolute Gasteiger partial charge is 0.142 e. The fourth-order valence-corrected chi connectivity index (χ4v) is 2.37. The molecular formula is C14H22ClFN2. The third-order valence-electron chi connectivity index (χ3n) is 3.47. The second kappa shape index (κ2) is 7.07. The summed E-state index contributed by atoms with van der Waals surface area (Å²) >= 11 is 5.71. The van der Waals surface area contributed by atoms with Gasteiger partial charge in [0.05, 0.1) is 5.02 Å². The Morgan fingerprint density at radius 3 is 2.50 bits per heavy atom. The average molecular weight is 273 g/mol. The summed E-state index contributed by atoms with van der Waals surface area (Å²) in [6.45, 7) is 7.77. The van der Waals surface area contributed by atoms with Crippen molar-refractivity contribution in [3.05, 3.63) is 34.6 Å². The molecule has 0 bridgehead atoms. The molecule has 0 aliphatic rings. The fraction of sp³-hybridized carbons (Fsp3) is 0.571. The van der Waals surface area contributed by atoms with Gasteiger partial charge in [0.25, 0.3) is 0 Å². The van der Waals surface area contributed by atoms with Crippen LogP contribution in [-0.2, 0) is 0 Å². The number of nitrogens with zero attached hydrogens (tertiary/aromatic N) is 1. The van der Waals surface area contributed by atoms with E-state index in [1.165, 1.54) is 6.07 Å². The molecule has 0 radical (unpaired) electrons. The number of likely N-dealkylation sites (N-methyl/N-ethyl adjacent to an activating group) is 1. The molecule has 2 unspecified atom stereocenters. The summed E-state index contributed by atoms with van der Waals surface area (Å²) in [6, 6.07) is 5.40. The van der Waals surface area contributed by atoms with Crippen molar-refractivity contribution in [2.45, 2.75) is 39.3 Å². The lowest BCUT2D eigenvalue weighted by atomic mass is 10.0. The molecule has 18 heavy (non-hydrogen) atoms. The minimum atomic E-state index is -0.382. The molecule has 0 aromatic heterocycles. The Kier molecular flexibility index (Phi) is 6.06. The first-order chi connectivity index (χ1) is 8.54. The number of rotatable bonds is 6. The van der Waals surface area contributed by atoms with Gasteiger partial charge in [0.2, 0.25) is 0 Å². The third kappa shape index (κ3) is 3.44. The van der Waals surface area contributed by atoms with E-state index in [0.29, 0.717) is 12.6 Å². The second-order valence-electron chi connectivity index (χ2n) is 4.51. The summed E-state index contributed by atoms with van der Waals surface area (Å²) < 4.78 is 13.5. The van der Waals surface area contributed by atoms with Crippen molar-refractivity contribution < 1.29 is 4.39 Å². The first kappa shape index (κ1) is 15.4. The van der Waals surface area contributed by atoms with Crippen molar-refractivity contribution in [2.24, 2.45) is 5.73 Å². The van der Waals surface area contributed by atoms with E-state index >= 15 is 0 Å². The maximum Gasteiger partial charge on any atom is 0.142 e. The molecule has 1 aromatic carbocycles. The van der Waals surface area contributed by atoms with Crippen molar-refractivity contribution in [3.63, 3.8) is 0 Å². The van der Waals surface area contributed by atoms with Crippen LogP contribution in [0, 0.1) is 5.82 Å². The van der Waals surface area contributed by atoms with Gasteiger partial charge in [-0.05, 0) is 37.6 Å². The van der Waals surface area contributed by atoms with E-state index in [2.05, 4.69) is 25.7 Å². The molecule has 0 heterocycles. The largest absolute Gasteiger partial charge is 0.329 e. The van der Waals surface area contributed by atoms with Crippen LogP contribution in [0.2, 0.25) is 5.02 Å². The van der Waals surface area contributed by atoms with Crippen molar-refractivity contribution >= 4 is 11.6 Å². The molecule has 0 amide bonds. The van der Waals surface area contributed by atoms with Crippen LogP contribution in [0.25, 0.3) is 0 Å². The Labute approximate surface area is 114 Å². The highest BCUT2D eigenvalue weighted by Crippen LogP contribution is 2.26. The summed E-state index contributed by atoms with van der Waals surface area (Å²) in [6.07, 6.45) is 1.04. The Balaban J connectivity index is 3.03. The van der Waals surface area contributed by atoms with Crippen LogP contribution in [-0.4, -0.2) is 24.0 Å². The molecule has 0 spiro atoms. The zero-order valence-electron chi connectivity index (χ0n) is 11.3. The quantitative estimate of drug-likeness (QED) is 0.857. The highest BCUT2D eigenvalue weighted by molar-refractivity contribution is 6.30. The molecule has 1 rings (SSSR count). The number of hydrogen-bond donors (Lipinski definition) is 1. The summed E-state index contributed by atoms with van der Waals surface area (Å²) in [5.41, 5.74) is 6.76. The highest BCUT2D eigenvalue weighted by atomic mass is 35.5. The molecule has 0 saturated heterocycles. The number of nitrogens with two attached hydrogens (primary N) is 1. The minimum Gasteiger partial charge on any atom is -0.329 e. The van der Waals surface area contributed by atoms with Gasteiger partial charge in [-0.3, -0.25) is 4.90 Å². The van der Waals surface area contributed by atoms with Gasteiger partial charge in [-0.15, -0.1) is 0 Å². The van der Waals surface area contributed by atoms with Crippen LogP contribution >= 0.6 is 11.6 Å². The summed E-state index contributed by atoms with van der Waals surface area (Å²) in [5, 5.41) is 0.154. The van der Waals surface area contributed by atoms with Gasteiger partial charge in [0.15, 0.2) is 0 Å². The lowest BCUT2D eigenvalue weighted by molar-refractivity contribution is 0.152. The predicted octanol–water partition coefficient (Wildman–Crippen LogP) is 3.60. The van der Waals surface area contributed by atoms with Gasteiger partial charge in [-0.2, -0.15) is 0 Å². The minimum absolute atomic E-state index is 0.0386. The topological polar surface area (TPSA) is 29.3 Å². The Hall–Kier alpha value is -0.640. The summed E-state index contributed by atoms with van der Waals surface area (Å²) in [7, 11) is 0. The van der Waals surface area contributed by atoms with Crippen molar-refractivity contribution in [3.8, 4) is 0 Å². The number of hydrogen-bond acceptors (Lipinski definition) is 2. The maximum atomic E-state index is 13.5. The molecular weight excluding hydrogens is 251 g/mol. The molecule has 2 nitrogen and oxygen atoms in total. The number of benzene rings is 1. The molecule has 0 aliphatic heterocycles. The number of halogens is 2. The molecule has 102 valence electrons. The lowest BCUT2D eigenvalue weighted by Crippen LogP contribution is -2.39. The van der Waals surface area contributed by atoms with E-state index in [-0.39, 0.29) is 16.9 Å². The van der Waals surface area contributed by atoms with Crippen LogP contribution < -0.4 is 5.73 Å². The van der Waals surface area contributed by atoms with E-state index in [1.807, 2.05) is 6.07 Å². The summed E-state index contributed by atoms with van der Waals surface area (Å²) in [4.78, 5) is 2.29. The van der Waals surface area contributed by atoms with Gasteiger partial charge < -0.3 is 5.73 Å². The second-order valence-corrected chi connectivity index (χ2v) is 4.92. The van der Waals surface area contributed by atoms with Crippen LogP contribution in [0.1, 0.15) is 38.8 Å². The maximum absolute atomic E-state index is 13.5. The van der Waals surface area contributed by atoms with E-state index < -0.39 is 0 Å². The van der Waals surface area contributed by atoms with E-state index in [9.17, 15) is 4.39 Å². The zero-order chi connectivity index (χ0) is 13.7. The van der Waals surface area contributed by atoms with Gasteiger partial charge in [-0.1, -0.05) is 31.5 Å². The molecule has 1 aromatic rings. The van der Waals surface area contributed by atoms with E-state index in [0.717, 1.165) is 18.5 Å². The fourth-order valence-electron chi connectivity index (χ4n) is 2.26. The Bertz CT molecular complexity index is 384. The standard InChI is InChI=1S/C14H22ClFN2/c1-4-10(3)18(5-2)14(9-17)11-6-7-12(15)13(16)8-11/h6-8,10,14H,4-5,9,17H2,1-3H3. The zero-order valence-corrected chi connectivity index (χ0v) is 12.0. The van der Waals surface area contributed by atoms with Crippen molar-refractivity contribution in [1.82, 2.24) is 4.90 Å². The van der Waals surface area contributed by atoms with Crippen LogP contribution in [0.4, 0.5) is 4.39 Å². The molecule has 2 N–H and O–H groups in total. The monoisotopic (exact) mass is 272 g/mol. The van der Waals surface area contributed by atoms with Gasteiger partial charge in [0, 0.05) is 18.6 Å². The van der Waals surface area contributed by atoms with E-state index in [1.54, 1.807) is 6.07 Å². The molecule has 4 heteroatoms. The van der Waals surface area contributed by atoms with Gasteiger partial charge in [-0.25, -0.2) is 4.39 Å². The van der Waals surface area contributed by atoms with Crippen LogP contribution in [0.5, 0.6) is 0 Å². The van der Waals surface area contributed by atoms with Gasteiger partial charge >= 0.3 is 0 Å². The normalized spacial score (nSPS) is 14.8. The SMILES string of the molecule is CCC(C)N(CC)C(CN)c1ccc(Cl)c(F)c1. The average Bonchev–Trinajstić information content (AvgIpc) is 2.38. The van der Waals surface area contributed by atoms with Gasteiger partial charge in [0.1, 0.15) is 5.82 Å². The van der Waals surface area contributed by atoms with Crippen LogP contribution in [0.3, 0.4) is 0 Å². The Morgan fingerprint density at radius 1 is 1.39 bits per heavy atom. The molecule has 0 fully saturated rings. The molecule has 0 aliphatic carbocycles. The van der Waals surface area contributed by atoms with Crippen molar-refractivity contribution in [1.29, 1.82) is 0 Å². The Morgan fingerprint density at radius 2 is 2.06 bits per heavy atom. The van der Waals surface area contributed by atoms with Crippen LogP contribution in [0.15, 0.2) is 18.2 Å². The first-order valence-corrected chi connectivity index (χ1v) is 6.83. The molecule has 2 atom stereocenters. The van der Waals surface area contributed by atoms with Crippen molar-refractivity contribution in [2.75, 3.05) is 13.1 Å². The lowest BCUT2D eigenvalue weighted by Gasteiger charge is -2.35. The predicted molar refractivity (Wildman–Crippen MR) is 75.3 cm³/mol. The third-order valence-corrected chi connectivity index (χ3v) is 3.78.